The average molecular weight is 207 g/mol. The van der Waals surface area contributed by atoms with Crippen molar-refractivity contribution in [2.75, 3.05) is 11.1 Å². The summed E-state index contributed by atoms with van der Waals surface area (Å²) in [7, 11) is -1.04. The lowest BCUT2D eigenvalue weighted by Gasteiger charge is -2.15. The molecule has 0 spiro atoms. The standard InChI is InChI=1S/C7H17NO2SSi/c1-12(2,3)5-11-4-6(8)7(9)10/h6H,4-5,8H2,1-3H3,(H,9,10). The van der Waals surface area contributed by atoms with Crippen molar-refractivity contribution >= 4 is 25.8 Å². The summed E-state index contributed by atoms with van der Waals surface area (Å²) in [4.78, 5) is 10.3. The van der Waals surface area contributed by atoms with E-state index in [2.05, 4.69) is 19.6 Å². The van der Waals surface area contributed by atoms with Gasteiger partial charge in [0, 0.05) is 5.75 Å². The number of hydrogen-bond donors (Lipinski definition) is 2. The molecule has 0 aromatic carbocycles. The number of rotatable bonds is 5. The minimum absolute atomic E-state index is 0.527. The molecule has 0 rings (SSSR count). The largest absolute Gasteiger partial charge is 0.480 e. The van der Waals surface area contributed by atoms with Gasteiger partial charge >= 0.3 is 5.97 Å². The van der Waals surface area contributed by atoms with Crippen LogP contribution in [0.15, 0.2) is 0 Å². The van der Waals surface area contributed by atoms with E-state index in [0.717, 1.165) is 5.38 Å². The third-order valence-electron chi connectivity index (χ3n) is 1.15. The third-order valence-corrected chi connectivity index (χ3v) is 6.03. The second-order valence-corrected chi connectivity index (χ2v) is 11.0. The van der Waals surface area contributed by atoms with Crippen LogP contribution in [0.4, 0.5) is 0 Å². The van der Waals surface area contributed by atoms with Crippen LogP contribution in [-0.4, -0.2) is 36.3 Å². The first-order chi connectivity index (χ1) is 5.33. The zero-order valence-corrected chi connectivity index (χ0v) is 9.65. The van der Waals surface area contributed by atoms with Crippen molar-refractivity contribution in [3.8, 4) is 0 Å². The summed E-state index contributed by atoms with van der Waals surface area (Å²) in [6.07, 6.45) is 0. The van der Waals surface area contributed by atoms with E-state index < -0.39 is 20.1 Å². The molecule has 0 aliphatic rings. The van der Waals surface area contributed by atoms with Crippen molar-refractivity contribution in [3.05, 3.63) is 0 Å². The quantitative estimate of drug-likeness (QED) is 0.660. The van der Waals surface area contributed by atoms with Crippen LogP contribution in [0.1, 0.15) is 0 Å². The van der Waals surface area contributed by atoms with E-state index in [0.29, 0.717) is 5.75 Å². The van der Waals surface area contributed by atoms with Crippen LogP contribution in [0.3, 0.4) is 0 Å². The molecule has 0 fully saturated rings. The number of carbonyl (C=O) groups is 1. The molecule has 3 nitrogen and oxygen atoms in total. The summed E-state index contributed by atoms with van der Waals surface area (Å²) < 4.78 is 0. The van der Waals surface area contributed by atoms with Gasteiger partial charge in [0.25, 0.3) is 0 Å². The van der Waals surface area contributed by atoms with Crippen molar-refractivity contribution in [3.63, 3.8) is 0 Å². The molecule has 0 aromatic heterocycles. The lowest BCUT2D eigenvalue weighted by atomic mass is 10.4. The molecular formula is C7H17NO2SSi. The SMILES string of the molecule is C[Si](C)(C)CSCC(N)C(=O)O. The van der Waals surface area contributed by atoms with E-state index in [4.69, 9.17) is 10.8 Å². The van der Waals surface area contributed by atoms with Gasteiger partial charge in [-0.05, 0) is 5.38 Å². The van der Waals surface area contributed by atoms with E-state index >= 15 is 0 Å². The maximum Gasteiger partial charge on any atom is 0.321 e. The molecule has 0 amide bonds. The molecule has 0 saturated carbocycles. The van der Waals surface area contributed by atoms with Gasteiger partial charge in [0.05, 0.1) is 8.07 Å². The highest BCUT2D eigenvalue weighted by molar-refractivity contribution is 8.00. The Bertz CT molecular complexity index is 158. The lowest BCUT2D eigenvalue weighted by molar-refractivity contribution is -0.137. The van der Waals surface area contributed by atoms with Gasteiger partial charge in [0.15, 0.2) is 0 Å². The van der Waals surface area contributed by atoms with Gasteiger partial charge in [0.1, 0.15) is 6.04 Å². The first-order valence-electron chi connectivity index (χ1n) is 3.89. The number of carboxylic acid groups (broad SMARTS) is 1. The van der Waals surface area contributed by atoms with Crippen LogP contribution in [0.25, 0.3) is 0 Å². The van der Waals surface area contributed by atoms with E-state index in [1.807, 2.05) is 0 Å². The summed E-state index contributed by atoms with van der Waals surface area (Å²) in [6, 6.07) is -0.702. The number of nitrogens with two attached hydrogens (primary N) is 1. The average Bonchev–Trinajstić information content (AvgIpc) is 1.84. The number of thioether (sulfide) groups is 1. The maximum atomic E-state index is 10.3. The normalized spacial score (nSPS) is 14.3. The van der Waals surface area contributed by atoms with Gasteiger partial charge in [-0.2, -0.15) is 11.8 Å². The molecule has 3 N–H and O–H groups in total. The van der Waals surface area contributed by atoms with Crippen LogP contribution >= 0.6 is 11.8 Å². The number of aliphatic carboxylic acids is 1. The minimum Gasteiger partial charge on any atom is -0.480 e. The van der Waals surface area contributed by atoms with E-state index in [9.17, 15) is 4.79 Å². The first kappa shape index (κ1) is 12.0. The fourth-order valence-corrected chi connectivity index (χ4v) is 3.88. The first-order valence-corrected chi connectivity index (χ1v) is 8.75. The predicted molar refractivity (Wildman–Crippen MR) is 56.3 cm³/mol. The molecule has 12 heavy (non-hydrogen) atoms. The van der Waals surface area contributed by atoms with E-state index in [1.165, 1.54) is 0 Å². The summed E-state index contributed by atoms with van der Waals surface area (Å²) in [6.45, 7) is 6.77. The van der Waals surface area contributed by atoms with Crippen molar-refractivity contribution < 1.29 is 9.90 Å². The molecule has 0 aliphatic carbocycles. The van der Waals surface area contributed by atoms with Crippen LogP contribution in [0, 0.1) is 0 Å². The summed E-state index contributed by atoms with van der Waals surface area (Å²) in [5.74, 6) is -0.377. The highest BCUT2D eigenvalue weighted by atomic mass is 32.2. The topological polar surface area (TPSA) is 63.3 Å². The molecule has 0 saturated heterocycles. The van der Waals surface area contributed by atoms with Crippen molar-refractivity contribution in [2.45, 2.75) is 25.7 Å². The molecule has 1 unspecified atom stereocenters. The summed E-state index contributed by atoms with van der Waals surface area (Å²) >= 11 is 1.65. The highest BCUT2D eigenvalue weighted by Crippen LogP contribution is 2.11. The van der Waals surface area contributed by atoms with Crippen LogP contribution in [-0.2, 0) is 4.79 Å². The second kappa shape index (κ2) is 4.89. The Kier molecular flexibility index (Phi) is 4.89. The number of carboxylic acids is 1. The summed E-state index contributed by atoms with van der Waals surface area (Å²) in [5.41, 5.74) is 5.34. The second-order valence-electron chi connectivity index (χ2n) is 4.02. The van der Waals surface area contributed by atoms with Crippen molar-refractivity contribution in [2.24, 2.45) is 5.73 Å². The van der Waals surface area contributed by atoms with Gasteiger partial charge in [0.2, 0.25) is 0 Å². The number of hydrogen-bond acceptors (Lipinski definition) is 3. The molecule has 0 bridgehead atoms. The Balaban J connectivity index is 3.51. The molecule has 0 aromatic rings. The molecule has 72 valence electrons. The lowest BCUT2D eigenvalue weighted by Crippen LogP contribution is -2.34. The molecular weight excluding hydrogens is 190 g/mol. The highest BCUT2D eigenvalue weighted by Gasteiger charge is 2.16. The Morgan fingerprint density at radius 3 is 2.42 bits per heavy atom. The zero-order valence-electron chi connectivity index (χ0n) is 7.83. The van der Waals surface area contributed by atoms with Gasteiger partial charge in [-0.3, -0.25) is 4.79 Å². The molecule has 0 aliphatic heterocycles. The van der Waals surface area contributed by atoms with E-state index in [1.54, 1.807) is 11.8 Å². The van der Waals surface area contributed by atoms with Crippen LogP contribution in [0.2, 0.25) is 19.6 Å². The minimum atomic E-state index is -1.04. The van der Waals surface area contributed by atoms with Gasteiger partial charge in [-0.15, -0.1) is 0 Å². The van der Waals surface area contributed by atoms with Gasteiger partial charge in [-0.1, -0.05) is 19.6 Å². The van der Waals surface area contributed by atoms with Gasteiger partial charge in [-0.25, -0.2) is 0 Å². The predicted octanol–water partition coefficient (Wildman–Crippen LogP) is 1.01. The van der Waals surface area contributed by atoms with Crippen LogP contribution < -0.4 is 5.73 Å². The van der Waals surface area contributed by atoms with Crippen molar-refractivity contribution in [1.29, 1.82) is 0 Å². The van der Waals surface area contributed by atoms with Crippen molar-refractivity contribution in [1.82, 2.24) is 0 Å². The fourth-order valence-electron chi connectivity index (χ4n) is 0.563. The van der Waals surface area contributed by atoms with Crippen LogP contribution in [0.5, 0.6) is 0 Å². The molecule has 0 radical (unpaired) electrons. The van der Waals surface area contributed by atoms with E-state index in [-0.39, 0.29) is 0 Å². The molecule has 5 heteroatoms. The Hall–Kier alpha value is -0.00312. The summed E-state index contributed by atoms with van der Waals surface area (Å²) in [5, 5.41) is 9.56. The Labute approximate surface area is 78.7 Å². The monoisotopic (exact) mass is 207 g/mol. The molecule has 0 heterocycles. The zero-order chi connectivity index (χ0) is 9.78. The molecule has 1 atom stereocenters. The smallest absolute Gasteiger partial charge is 0.321 e. The Morgan fingerprint density at radius 2 is 2.08 bits per heavy atom. The third kappa shape index (κ3) is 6.69. The maximum absolute atomic E-state index is 10.3. The van der Waals surface area contributed by atoms with Gasteiger partial charge < -0.3 is 10.8 Å². The fraction of sp³-hybridized carbons (Fsp3) is 0.857. The Morgan fingerprint density at radius 1 is 1.58 bits per heavy atom.